The second kappa shape index (κ2) is 7.61. The topological polar surface area (TPSA) is 124 Å². The van der Waals surface area contributed by atoms with E-state index in [2.05, 4.69) is 0 Å². The minimum absolute atomic E-state index is 0.0255. The third-order valence-electron chi connectivity index (χ3n) is 4.28. The van der Waals surface area contributed by atoms with Crippen LogP contribution in [-0.4, -0.2) is 33.7 Å². The summed E-state index contributed by atoms with van der Waals surface area (Å²) in [7, 11) is -8.66. The first-order valence-corrected chi connectivity index (χ1v) is 11.5. The maximum Gasteiger partial charge on any atom is 0.339 e. The molecule has 1 aliphatic rings. The normalized spacial score (nSPS) is 13.9. The molecule has 1 aliphatic heterocycles. The first kappa shape index (κ1) is 20.7. The molecule has 0 aliphatic carbocycles. The molecule has 3 aromatic carbocycles. The zero-order chi connectivity index (χ0) is 22.2. The molecule has 1 heterocycles. The Labute approximate surface area is 177 Å². The zero-order valence-electron chi connectivity index (χ0n) is 15.5. The number of rotatable bonds is 6. The van der Waals surface area contributed by atoms with Gasteiger partial charge in [-0.1, -0.05) is 30.3 Å². The number of fused-ring (bicyclic) bond motifs is 1. The van der Waals surface area contributed by atoms with Crippen molar-refractivity contribution in [2.24, 2.45) is 0 Å². The first-order chi connectivity index (χ1) is 14.7. The van der Waals surface area contributed by atoms with Crippen LogP contribution in [0.5, 0.6) is 5.75 Å². The molecule has 0 saturated carbocycles. The maximum atomic E-state index is 12.5. The SMILES string of the molecule is O=C1c2ccccc2C(=O)N1OS(=O)(=O)c1ccc(OS(=O)(=O)c2ccccc2)cc1. The molecule has 158 valence electrons. The van der Waals surface area contributed by atoms with Gasteiger partial charge < -0.3 is 4.18 Å². The summed E-state index contributed by atoms with van der Waals surface area (Å²) in [4.78, 5) is 24.1. The number of hydrogen-bond acceptors (Lipinski definition) is 8. The fourth-order valence-electron chi connectivity index (χ4n) is 2.80. The average molecular weight is 459 g/mol. The third-order valence-corrected chi connectivity index (χ3v) is 6.74. The fourth-order valence-corrected chi connectivity index (χ4v) is 4.64. The Kier molecular flexibility index (Phi) is 5.09. The minimum Gasteiger partial charge on any atom is -0.379 e. The van der Waals surface area contributed by atoms with Crippen LogP contribution in [0, 0.1) is 0 Å². The van der Waals surface area contributed by atoms with Gasteiger partial charge in [-0.25, -0.2) is 0 Å². The largest absolute Gasteiger partial charge is 0.379 e. The lowest BCUT2D eigenvalue weighted by molar-refractivity contribution is -0.0103. The summed E-state index contributed by atoms with van der Waals surface area (Å²) in [5.41, 5.74) is 0.0510. The number of imide groups is 1. The molecule has 0 unspecified atom stereocenters. The lowest BCUT2D eigenvalue weighted by Crippen LogP contribution is -2.32. The van der Waals surface area contributed by atoms with E-state index in [9.17, 15) is 26.4 Å². The molecule has 0 atom stereocenters. The van der Waals surface area contributed by atoms with Crippen molar-refractivity contribution in [3.05, 3.63) is 90.0 Å². The number of hydrogen-bond donors (Lipinski definition) is 0. The third kappa shape index (κ3) is 3.93. The summed E-state index contributed by atoms with van der Waals surface area (Å²) in [5, 5.41) is 0.171. The molecule has 0 saturated heterocycles. The molecule has 4 rings (SSSR count). The molecule has 2 amide bonds. The average Bonchev–Trinajstić information content (AvgIpc) is 2.99. The van der Waals surface area contributed by atoms with E-state index in [0.29, 0.717) is 0 Å². The van der Waals surface area contributed by atoms with Crippen LogP contribution in [0.4, 0.5) is 0 Å². The van der Waals surface area contributed by atoms with E-state index in [0.717, 1.165) is 24.3 Å². The number of benzene rings is 3. The molecule has 31 heavy (non-hydrogen) atoms. The van der Waals surface area contributed by atoms with E-state index in [1.807, 2.05) is 0 Å². The Morgan fingerprint density at radius 3 is 1.61 bits per heavy atom. The highest BCUT2D eigenvalue weighted by atomic mass is 32.2. The van der Waals surface area contributed by atoms with Crippen LogP contribution in [0.25, 0.3) is 0 Å². The van der Waals surface area contributed by atoms with Crippen molar-refractivity contribution in [1.82, 2.24) is 5.06 Å². The smallest absolute Gasteiger partial charge is 0.339 e. The van der Waals surface area contributed by atoms with Gasteiger partial charge in [0.15, 0.2) is 0 Å². The number of carbonyl (C=O) groups is 2. The molecule has 3 aromatic rings. The Morgan fingerprint density at radius 2 is 1.06 bits per heavy atom. The number of carbonyl (C=O) groups excluding carboxylic acids is 2. The standard InChI is InChI=1S/C20H13NO8S2/c22-19-17-8-4-5-9-18(17)20(23)21(19)29-31(26,27)16-12-10-14(11-13-16)28-30(24,25)15-6-2-1-3-7-15/h1-13H. The van der Waals surface area contributed by atoms with Crippen molar-refractivity contribution in [3.63, 3.8) is 0 Å². The van der Waals surface area contributed by atoms with E-state index >= 15 is 0 Å². The van der Waals surface area contributed by atoms with Crippen LogP contribution in [0.15, 0.2) is 88.7 Å². The highest BCUT2D eigenvalue weighted by molar-refractivity contribution is 7.87. The molecule has 11 heteroatoms. The molecule has 0 bridgehead atoms. The lowest BCUT2D eigenvalue weighted by Gasteiger charge is -2.13. The molecule has 9 nitrogen and oxygen atoms in total. The van der Waals surface area contributed by atoms with Crippen LogP contribution < -0.4 is 4.18 Å². The van der Waals surface area contributed by atoms with E-state index in [1.54, 1.807) is 6.07 Å². The Bertz CT molecular complexity index is 1350. The van der Waals surface area contributed by atoms with Crippen LogP contribution in [0.1, 0.15) is 20.7 Å². The van der Waals surface area contributed by atoms with Crippen molar-refractivity contribution in [2.45, 2.75) is 9.79 Å². The predicted molar refractivity (Wildman–Crippen MR) is 106 cm³/mol. The maximum absolute atomic E-state index is 12.5. The van der Waals surface area contributed by atoms with Gasteiger partial charge in [0.2, 0.25) is 0 Å². The fraction of sp³-hybridized carbons (Fsp3) is 0. The van der Waals surface area contributed by atoms with E-state index in [1.165, 1.54) is 48.5 Å². The highest BCUT2D eigenvalue weighted by Crippen LogP contribution is 2.27. The van der Waals surface area contributed by atoms with Gasteiger partial charge in [0, 0.05) is 0 Å². The number of hydroxylamine groups is 2. The monoisotopic (exact) mass is 459 g/mol. The summed E-state index contributed by atoms with van der Waals surface area (Å²) < 4.78 is 59.3. The Hall–Kier alpha value is -3.54. The summed E-state index contributed by atoms with van der Waals surface area (Å²) in [6.45, 7) is 0. The number of amides is 2. The Balaban J connectivity index is 1.53. The molecule has 0 fully saturated rings. The second-order valence-corrected chi connectivity index (χ2v) is 9.38. The summed E-state index contributed by atoms with van der Waals surface area (Å²) in [5.74, 6) is -1.94. The van der Waals surface area contributed by atoms with Gasteiger partial charge in [0.1, 0.15) is 10.6 Å². The van der Waals surface area contributed by atoms with Gasteiger partial charge in [-0.2, -0.15) is 16.8 Å². The van der Waals surface area contributed by atoms with Crippen molar-refractivity contribution >= 4 is 32.1 Å². The lowest BCUT2D eigenvalue weighted by atomic mass is 10.1. The second-order valence-electron chi connectivity index (χ2n) is 6.30. The molecule has 0 N–H and O–H groups in total. The minimum atomic E-state index is -4.56. The van der Waals surface area contributed by atoms with E-state index < -0.39 is 36.9 Å². The van der Waals surface area contributed by atoms with Gasteiger partial charge in [-0.3, -0.25) is 9.59 Å². The van der Waals surface area contributed by atoms with Crippen LogP contribution in [-0.2, 0) is 24.5 Å². The van der Waals surface area contributed by atoms with Crippen molar-refractivity contribution in [2.75, 3.05) is 0 Å². The molecule has 0 spiro atoms. The van der Waals surface area contributed by atoms with Crippen LogP contribution in [0.3, 0.4) is 0 Å². The number of nitrogens with zero attached hydrogens (tertiary/aromatic N) is 1. The first-order valence-electron chi connectivity index (χ1n) is 8.71. The molecular formula is C20H13NO8S2. The van der Waals surface area contributed by atoms with E-state index in [4.69, 9.17) is 8.47 Å². The van der Waals surface area contributed by atoms with Crippen molar-refractivity contribution in [1.29, 1.82) is 0 Å². The van der Waals surface area contributed by atoms with Gasteiger partial charge in [0.05, 0.1) is 16.0 Å². The van der Waals surface area contributed by atoms with E-state index in [-0.39, 0.29) is 26.8 Å². The van der Waals surface area contributed by atoms with Gasteiger partial charge >= 0.3 is 20.2 Å². The van der Waals surface area contributed by atoms with Crippen LogP contribution >= 0.6 is 0 Å². The van der Waals surface area contributed by atoms with Crippen molar-refractivity contribution in [3.8, 4) is 5.75 Å². The van der Waals surface area contributed by atoms with Crippen LogP contribution in [0.2, 0.25) is 0 Å². The van der Waals surface area contributed by atoms with Gasteiger partial charge in [-0.05, 0) is 48.5 Å². The summed E-state index contributed by atoms with van der Waals surface area (Å²) in [6.07, 6.45) is 0. The summed E-state index contributed by atoms with van der Waals surface area (Å²) >= 11 is 0. The van der Waals surface area contributed by atoms with Crippen molar-refractivity contribution < 1.29 is 34.9 Å². The highest BCUT2D eigenvalue weighted by Gasteiger charge is 2.40. The molecular weight excluding hydrogens is 446 g/mol. The van der Waals surface area contributed by atoms with Gasteiger partial charge in [0.25, 0.3) is 11.8 Å². The molecule has 0 aromatic heterocycles. The Morgan fingerprint density at radius 1 is 0.581 bits per heavy atom. The predicted octanol–water partition coefficient (Wildman–Crippen LogP) is 2.37. The zero-order valence-corrected chi connectivity index (χ0v) is 17.2. The quantitative estimate of drug-likeness (QED) is 0.406. The van der Waals surface area contributed by atoms with Gasteiger partial charge in [-0.15, -0.1) is 9.35 Å². The summed E-state index contributed by atoms with van der Waals surface area (Å²) in [6, 6.07) is 17.5. The molecule has 0 radical (unpaired) electrons.